The zero-order chi connectivity index (χ0) is 32.8. The number of carbonyl (C=O) groups is 4. The van der Waals surface area contributed by atoms with Gasteiger partial charge in [0.15, 0.2) is 0 Å². The molecule has 3 rings (SSSR count). The first-order valence-corrected chi connectivity index (χ1v) is 14.7. The molecular formula is C33H41N5O7. The Labute approximate surface area is 261 Å². The molecule has 0 aliphatic carbocycles. The number of phenolic OH excluding ortho intramolecular Hbond substituents is 2. The van der Waals surface area contributed by atoms with Gasteiger partial charge in [0.2, 0.25) is 17.7 Å². The average Bonchev–Trinajstić information content (AvgIpc) is 3.02. The fraction of sp³-hybridized carbons (Fsp3) is 0.333. The van der Waals surface area contributed by atoms with Crippen molar-refractivity contribution in [1.29, 1.82) is 0 Å². The van der Waals surface area contributed by atoms with E-state index in [1.54, 1.807) is 24.3 Å². The number of amides is 3. The van der Waals surface area contributed by atoms with Crippen molar-refractivity contribution in [2.45, 2.75) is 62.7 Å². The Morgan fingerprint density at radius 1 is 0.600 bits per heavy atom. The third kappa shape index (κ3) is 11.6. The van der Waals surface area contributed by atoms with Gasteiger partial charge in [-0.2, -0.15) is 0 Å². The van der Waals surface area contributed by atoms with Crippen molar-refractivity contribution in [1.82, 2.24) is 16.0 Å². The number of carboxylic acids is 1. The predicted molar refractivity (Wildman–Crippen MR) is 168 cm³/mol. The van der Waals surface area contributed by atoms with Gasteiger partial charge in [-0.1, -0.05) is 54.6 Å². The smallest absolute Gasteiger partial charge is 0.326 e. The molecule has 3 aromatic carbocycles. The Morgan fingerprint density at radius 2 is 1.07 bits per heavy atom. The Hall–Kier alpha value is -4.94. The molecule has 0 bridgehead atoms. The van der Waals surface area contributed by atoms with E-state index in [2.05, 4.69) is 16.0 Å². The second-order valence-corrected chi connectivity index (χ2v) is 10.8. The van der Waals surface area contributed by atoms with Crippen molar-refractivity contribution in [2.24, 2.45) is 11.5 Å². The molecule has 0 aromatic heterocycles. The van der Waals surface area contributed by atoms with Gasteiger partial charge in [0, 0.05) is 12.8 Å². The Bertz CT molecular complexity index is 1400. The normalized spacial score (nSPS) is 13.6. The lowest BCUT2D eigenvalue weighted by atomic mass is 10.0. The monoisotopic (exact) mass is 619 g/mol. The molecule has 45 heavy (non-hydrogen) atoms. The summed E-state index contributed by atoms with van der Waals surface area (Å²) in [6.45, 7) is 0.361. The maximum atomic E-state index is 13.7. The molecule has 0 fully saturated rings. The summed E-state index contributed by atoms with van der Waals surface area (Å²) < 4.78 is 0. The molecule has 4 unspecified atom stereocenters. The highest BCUT2D eigenvalue weighted by molar-refractivity contribution is 5.94. The van der Waals surface area contributed by atoms with E-state index in [4.69, 9.17) is 11.5 Å². The molecule has 0 aliphatic rings. The van der Waals surface area contributed by atoms with Gasteiger partial charge >= 0.3 is 5.97 Å². The van der Waals surface area contributed by atoms with E-state index in [9.17, 15) is 34.5 Å². The quantitative estimate of drug-likeness (QED) is 0.101. The SMILES string of the molecule is NCCCCC(NC(=O)C(Cc1ccc(O)cc1)NC(=O)C(N)Cc1ccccc1)C(=O)NC(Cc1ccc(O)cc1)C(=O)O. The zero-order valence-corrected chi connectivity index (χ0v) is 24.9. The highest BCUT2D eigenvalue weighted by Crippen LogP contribution is 2.14. The van der Waals surface area contributed by atoms with E-state index in [-0.39, 0.29) is 37.2 Å². The third-order valence-corrected chi connectivity index (χ3v) is 7.22. The lowest BCUT2D eigenvalue weighted by Crippen LogP contribution is -2.58. The molecule has 0 saturated heterocycles. The van der Waals surface area contributed by atoms with Crippen LogP contribution in [-0.2, 0) is 38.4 Å². The van der Waals surface area contributed by atoms with Gasteiger partial charge < -0.3 is 42.7 Å². The highest BCUT2D eigenvalue weighted by atomic mass is 16.4. The minimum atomic E-state index is -1.31. The Balaban J connectivity index is 1.78. The fourth-order valence-corrected chi connectivity index (χ4v) is 4.69. The molecule has 12 heteroatoms. The maximum Gasteiger partial charge on any atom is 0.326 e. The number of aliphatic carboxylic acids is 1. The van der Waals surface area contributed by atoms with Gasteiger partial charge in [-0.15, -0.1) is 0 Å². The van der Waals surface area contributed by atoms with Crippen LogP contribution in [0.2, 0.25) is 0 Å². The summed E-state index contributed by atoms with van der Waals surface area (Å²) in [7, 11) is 0. The number of unbranched alkanes of at least 4 members (excludes halogenated alkanes) is 1. The van der Waals surface area contributed by atoms with Crippen LogP contribution in [0.15, 0.2) is 78.9 Å². The molecule has 3 amide bonds. The topological polar surface area (TPSA) is 217 Å². The van der Waals surface area contributed by atoms with Crippen molar-refractivity contribution < 1.29 is 34.5 Å². The van der Waals surface area contributed by atoms with E-state index in [1.807, 2.05) is 30.3 Å². The summed E-state index contributed by atoms with van der Waals surface area (Å²) >= 11 is 0. The van der Waals surface area contributed by atoms with Gasteiger partial charge in [-0.25, -0.2) is 4.79 Å². The number of rotatable bonds is 17. The van der Waals surface area contributed by atoms with Crippen LogP contribution in [0.25, 0.3) is 0 Å². The fourth-order valence-electron chi connectivity index (χ4n) is 4.69. The standard InChI is InChI=1S/C33H41N5O7/c34-17-5-4-8-27(31(42)38-29(33(44)45)20-23-11-15-25(40)16-12-23)36-32(43)28(19-22-9-13-24(39)14-10-22)37-30(41)26(35)18-21-6-2-1-3-7-21/h1-3,6-7,9-16,26-29,39-40H,4-5,8,17-20,34-35H2,(H,36,43)(H,37,41)(H,38,42)(H,44,45). The van der Waals surface area contributed by atoms with Gasteiger partial charge in [0.1, 0.15) is 29.6 Å². The van der Waals surface area contributed by atoms with Crippen LogP contribution in [0.4, 0.5) is 0 Å². The number of aromatic hydroxyl groups is 2. The summed E-state index contributed by atoms with van der Waals surface area (Å²) in [6, 6.07) is 16.7. The second-order valence-electron chi connectivity index (χ2n) is 10.8. The maximum absolute atomic E-state index is 13.7. The van der Waals surface area contributed by atoms with Gasteiger partial charge in [-0.05, 0) is 73.2 Å². The van der Waals surface area contributed by atoms with Crippen molar-refractivity contribution in [3.63, 3.8) is 0 Å². The molecule has 0 saturated carbocycles. The number of hydrogen-bond donors (Lipinski definition) is 8. The van der Waals surface area contributed by atoms with Crippen LogP contribution in [0, 0.1) is 0 Å². The minimum absolute atomic E-state index is 0.0207. The van der Waals surface area contributed by atoms with Crippen LogP contribution in [0.1, 0.15) is 36.0 Å². The van der Waals surface area contributed by atoms with Crippen molar-refractivity contribution in [3.8, 4) is 11.5 Å². The number of carbonyl (C=O) groups excluding carboxylic acids is 3. The summed E-state index contributed by atoms with van der Waals surface area (Å²) in [4.78, 5) is 52.2. The lowest BCUT2D eigenvalue weighted by Gasteiger charge is -2.25. The first-order valence-electron chi connectivity index (χ1n) is 14.7. The van der Waals surface area contributed by atoms with E-state index >= 15 is 0 Å². The van der Waals surface area contributed by atoms with Crippen molar-refractivity contribution >= 4 is 23.7 Å². The lowest BCUT2D eigenvalue weighted by molar-refractivity contribution is -0.142. The van der Waals surface area contributed by atoms with Crippen molar-refractivity contribution in [3.05, 3.63) is 95.6 Å². The number of phenols is 2. The summed E-state index contributed by atoms with van der Waals surface area (Å²) in [5.74, 6) is -3.16. The molecule has 0 heterocycles. The molecule has 4 atom stereocenters. The molecule has 240 valence electrons. The third-order valence-electron chi connectivity index (χ3n) is 7.22. The van der Waals surface area contributed by atoms with E-state index in [0.29, 0.717) is 30.5 Å². The van der Waals surface area contributed by atoms with Crippen LogP contribution in [0.3, 0.4) is 0 Å². The van der Waals surface area contributed by atoms with E-state index < -0.39 is 47.9 Å². The first kappa shape index (κ1) is 34.5. The molecule has 10 N–H and O–H groups in total. The van der Waals surface area contributed by atoms with Gasteiger partial charge in [-0.3, -0.25) is 14.4 Å². The van der Waals surface area contributed by atoms with E-state index in [1.165, 1.54) is 24.3 Å². The van der Waals surface area contributed by atoms with Crippen LogP contribution in [-0.4, -0.2) is 69.7 Å². The second kappa shape index (κ2) is 17.4. The predicted octanol–water partition coefficient (Wildman–Crippen LogP) is 1.12. The van der Waals surface area contributed by atoms with Gasteiger partial charge in [0.05, 0.1) is 6.04 Å². The molecular weight excluding hydrogens is 578 g/mol. The van der Waals surface area contributed by atoms with Gasteiger partial charge in [0.25, 0.3) is 0 Å². The zero-order valence-electron chi connectivity index (χ0n) is 24.9. The summed E-state index contributed by atoms with van der Waals surface area (Å²) in [6.07, 6.45) is 1.43. The van der Waals surface area contributed by atoms with E-state index in [0.717, 1.165) is 5.56 Å². The van der Waals surface area contributed by atoms with Crippen LogP contribution < -0.4 is 27.4 Å². The first-order chi connectivity index (χ1) is 21.5. The number of carboxylic acid groups (broad SMARTS) is 1. The number of nitrogens with one attached hydrogen (secondary N) is 3. The van der Waals surface area contributed by atoms with Crippen molar-refractivity contribution in [2.75, 3.05) is 6.54 Å². The minimum Gasteiger partial charge on any atom is -0.508 e. The molecule has 0 radical (unpaired) electrons. The van der Waals surface area contributed by atoms with Crippen LogP contribution in [0.5, 0.6) is 11.5 Å². The Morgan fingerprint density at radius 3 is 1.60 bits per heavy atom. The van der Waals surface area contributed by atoms with Crippen LogP contribution >= 0.6 is 0 Å². The summed E-state index contributed by atoms with van der Waals surface area (Å²) in [5.41, 5.74) is 13.9. The number of nitrogens with two attached hydrogens (primary N) is 2. The molecule has 0 spiro atoms. The number of benzene rings is 3. The average molecular weight is 620 g/mol. The largest absolute Gasteiger partial charge is 0.508 e. The molecule has 3 aromatic rings. The number of hydrogen-bond acceptors (Lipinski definition) is 8. The highest BCUT2D eigenvalue weighted by Gasteiger charge is 2.30. The Kier molecular flexibility index (Phi) is 13.3. The molecule has 12 nitrogen and oxygen atoms in total. The summed E-state index contributed by atoms with van der Waals surface area (Å²) in [5, 5.41) is 36.9. The molecule has 0 aliphatic heterocycles.